The zero-order valence-corrected chi connectivity index (χ0v) is 20.2. The van der Waals surface area contributed by atoms with Crippen molar-refractivity contribution in [1.29, 1.82) is 0 Å². The Morgan fingerprint density at radius 3 is 2.24 bits per heavy atom. The Bertz CT molecular complexity index is 1720. The number of benzene rings is 2. The lowest BCUT2D eigenvalue weighted by Crippen LogP contribution is -2.28. The van der Waals surface area contributed by atoms with Gasteiger partial charge in [-0.15, -0.1) is 0 Å². The van der Waals surface area contributed by atoms with Gasteiger partial charge in [0, 0.05) is 31.1 Å². The molecule has 3 aromatic heterocycles. The van der Waals surface area contributed by atoms with Gasteiger partial charge in [0.05, 0.1) is 33.2 Å². The first-order valence-corrected chi connectivity index (χ1v) is 12.7. The summed E-state index contributed by atoms with van der Waals surface area (Å²) < 4.78 is 26.7. The van der Waals surface area contributed by atoms with Crippen LogP contribution in [0.15, 0.2) is 78.0 Å². The molecule has 0 saturated carbocycles. The summed E-state index contributed by atoms with van der Waals surface area (Å²) >= 11 is 0. The Balaban J connectivity index is 1.77. The predicted molar refractivity (Wildman–Crippen MR) is 135 cm³/mol. The standard InChI is InChI=1S/C26H24N4O3S/c1-26(2,34(4,32)33)19-6-8-20(9-7-19)30-24-21-15-18(17-11-13-27-14-12-17)5-10-22(21)28-16-23(24)29(3)25(30)31/h5-16H,1-4H3. The number of fused-ring (bicyclic) bond motifs is 3. The minimum Gasteiger partial charge on any atom is -0.293 e. The van der Waals surface area contributed by atoms with E-state index in [0.717, 1.165) is 27.5 Å². The van der Waals surface area contributed by atoms with Crippen LogP contribution in [0.25, 0.3) is 38.8 Å². The molecule has 0 N–H and O–H groups in total. The topological polar surface area (TPSA) is 86.9 Å². The smallest absolute Gasteiger partial charge is 0.293 e. The maximum absolute atomic E-state index is 13.3. The van der Waals surface area contributed by atoms with Gasteiger partial charge in [0.1, 0.15) is 0 Å². The normalized spacial score (nSPS) is 12.5. The fourth-order valence-electron chi connectivity index (χ4n) is 4.19. The molecular formula is C26H24N4O3S. The van der Waals surface area contributed by atoms with Gasteiger partial charge in [-0.1, -0.05) is 18.2 Å². The summed E-state index contributed by atoms with van der Waals surface area (Å²) in [6.45, 7) is 3.36. The number of hydrogen-bond acceptors (Lipinski definition) is 5. The summed E-state index contributed by atoms with van der Waals surface area (Å²) in [5, 5.41) is 0.852. The summed E-state index contributed by atoms with van der Waals surface area (Å²) in [5.41, 5.74) is 5.38. The maximum Gasteiger partial charge on any atom is 0.333 e. The highest BCUT2D eigenvalue weighted by molar-refractivity contribution is 7.91. The molecule has 3 heterocycles. The molecule has 8 heteroatoms. The van der Waals surface area contributed by atoms with Crippen LogP contribution in [0.2, 0.25) is 0 Å². The Hall–Kier alpha value is -3.78. The van der Waals surface area contributed by atoms with Crippen molar-refractivity contribution in [3.05, 3.63) is 89.2 Å². The molecule has 0 atom stereocenters. The van der Waals surface area contributed by atoms with E-state index in [9.17, 15) is 13.2 Å². The van der Waals surface area contributed by atoms with Gasteiger partial charge in [0.2, 0.25) is 0 Å². The Morgan fingerprint density at radius 1 is 0.912 bits per heavy atom. The highest BCUT2D eigenvalue weighted by atomic mass is 32.2. The van der Waals surface area contributed by atoms with Crippen LogP contribution in [0.1, 0.15) is 19.4 Å². The van der Waals surface area contributed by atoms with E-state index in [-0.39, 0.29) is 5.69 Å². The maximum atomic E-state index is 13.3. The zero-order chi connectivity index (χ0) is 24.3. The predicted octanol–water partition coefficient (Wildman–Crippen LogP) is 4.22. The quantitative estimate of drug-likeness (QED) is 0.391. The third-order valence-corrected chi connectivity index (χ3v) is 8.73. The molecule has 172 valence electrons. The van der Waals surface area contributed by atoms with E-state index in [2.05, 4.69) is 9.97 Å². The van der Waals surface area contributed by atoms with Gasteiger partial charge in [-0.25, -0.2) is 13.2 Å². The highest BCUT2D eigenvalue weighted by Crippen LogP contribution is 2.32. The molecule has 0 aliphatic rings. The van der Waals surface area contributed by atoms with Gasteiger partial charge >= 0.3 is 5.69 Å². The number of pyridine rings is 2. The molecule has 0 fully saturated rings. The van der Waals surface area contributed by atoms with Crippen LogP contribution in [0.4, 0.5) is 0 Å². The second kappa shape index (κ2) is 7.63. The second-order valence-electron chi connectivity index (χ2n) is 8.97. The minimum absolute atomic E-state index is 0.200. The molecule has 0 bridgehead atoms. The van der Waals surface area contributed by atoms with Gasteiger partial charge in [0.25, 0.3) is 0 Å². The molecule has 0 amide bonds. The van der Waals surface area contributed by atoms with E-state index in [0.29, 0.717) is 16.8 Å². The average molecular weight is 473 g/mol. The van der Waals surface area contributed by atoms with Crippen LogP contribution < -0.4 is 5.69 Å². The summed E-state index contributed by atoms with van der Waals surface area (Å²) in [5.74, 6) is 0. The first kappa shape index (κ1) is 22.0. The van der Waals surface area contributed by atoms with Crippen molar-refractivity contribution < 1.29 is 8.42 Å². The number of aromatic nitrogens is 4. The van der Waals surface area contributed by atoms with Crippen molar-refractivity contribution in [1.82, 2.24) is 19.1 Å². The summed E-state index contributed by atoms with van der Waals surface area (Å²) in [4.78, 5) is 22.0. The number of hydrogen-bond donors (Lipinski definition) is 0. The van der Waals surface area contributed by atoms with Gasteiger partial charge in [-0.05, 0) is 66.9 Å². The molecule has 5 aromatic rings. The Labute approximate surface area is 197 Å². The monoisotopic (exact) mass is 472 g/mol. The third kappa shape index (κ3) is 3.33. The van der Waals surface area contributed by atoms with Gasteiger partial charge in [-0.3, -0.25) is 19.1 Å². The van der Waals surface area contributed by atoms with Crippen LogP contribution in [-0.4, -0.2) is 33.8 Å². The fourth-order valence-corrected chi connectivity index (χ4v) is 4.75. The largest absolute Gasteiger partial charge is 0.333 e. The van der Waals surface area contributed by atoms with E-state index in [1.54, 1.807) is 72.9 Å². The van der Waals surface area contributed by atoms with Gasteiger partial charge in [-0.2, -0.15) is 0 Å². The molecule has 0 aliphatic carbocycles. The molecule has 0 spiro atoms. The van der Waals surface area contributed by atoms with E-state index >= 15 is 0 Å². The Kier molecular flexibility index (Phi) is 4.95. The van der Waals surface area contributed by atoms with E-state index in [4.69, 9.17) is 0 Å². The van der Waals surface area contributed by atoms with Crippen LogP contribution in [0, 0.1) is 0 Å². The lowest BCUT2D eigenvalue weighted by atomic mass is 10.0. The SMILES string of the molecule is Cn1c(=O)n(-c2ccc(C(C)(C)S(C)(=O)=O)cc2)c2c3cc(-c4ccncc4)ccc3ncc21. The number of rotatable bonds is 4. The average Bonchev–Trinajstić information content (AvgIpc) is 3.09. The van der Waals surface area contributed by atoms with Gasteiger partial charge < -0.3 is 0 Å². The molecule has 0 unspecified atom stereocenters. The Morgan fingerprint density at radius 2 is 1.59 bits per heavy atom. The molecule has 2 aromatic carbocycles. The first-order chi connectivity index (χ1) is 16.1. The minimum atomic E-state index is -3.32. The fraction of sp³-hybridized carbons (Fsp3) is 0.192. The number of imidazole rings is 1. The number of aryl methyl sites for hydroxylation is 1. The molecule has 0 saturated heterocycles. The van der Waals surface area contributed by atoms with Crippen molar-refractivity contribution in [2.45, 2.75) is 18.6 Å². The highest BCUT2D eigenvalue weighted by Gasteiger charge is 2.32. The summed E-state index contributed by atoms with van der Waals surface area (Å²) in [7, 11) is -1.59. The van der Waals surface area contributed by atoms with Crippen molar-refractivity contribution >= 4 is 31.8 Å². The van der Waals surface area contributed by atoms with Crippen molar-refractivity contribution in [3.63, 3.8) is 0 Å². The van der Waals surface area contributed by atoms with E-state index < -0.39 is 14.6 Å². The number of nitrogens with zero attached hydrogens (tertiary/aromatic N) is 4. The first-order valence-electron chi connectivity index (χ1n) is 10.8. The van der Waals surface area contributed by atoms with Crippen LogP contribution in [-0.2, 0) is 21.6 Å². The molecule has 0 radical (unpaired) electrons. The lowest BCUT2D eigenvalue weighted by Gasteiger charge is -2.23. The zero-order valence-electron chi connectivity index (χ0n) is 19.4. The molecule has 5 rings (SSSR count). The summed E-state index contributed by atoms with van der Waals surface area (Å²) in [6.07, 6.45) is 6.44. The molecular weight excluding hydrogens is 448 g/mol. The van der Waals surface area contributed by atoms with Crippen LogP contribution in [0.3, 0.4) is 0 Å². The lowest BCUT2D eigenvalue weighted by molar-refractivity contribution is 0.561. The van der Waals surface area contributed by atoms with Crippen LogP contribution >= 0.6 is 0 Å². The second-order valence-corrected chi connectivity index (χ2v) is 11.5. The van der Waals surface area contributed by atoms with Crippen molar-refractivity contribution in [2.75, 3.05) is 6.26 Å². The number of sulfone groups is 1. The van der Waals surface area contributed by atoms with Crippen molar-refractivity contribution in [3.8, 4) is 16.8 Å². The van der Waals surface area contributed by atoms with Crippen molar-refractivity contribution in [2.24, 2.45) is 7.05 Å². The van der Waals surface area contributed by atoms with Crippen LogP contribution in [0.5, 0.6) is 0 Å². The molecule has 34 heavy (non-hydrogen) atoms. The van der Waals surface area contributed by atoms with Gasteiger partial charge in [0.15, 0.2) is 9.84 Å². The third-order valence-electron chi connectivity index (χ3n) is 6.64. The van der Waals surface area contributed by atoms with E-state index in [1.165, 1.54) is 6.26 Å². The molecule has 7 nitrogen and oxygen atoms in total. The molecule has 0 aliphatic heterocycles. The van der Waals surface area contributed by atoms with E-state index in [1.807, 2.05) is 30.3 Å². The summed E-state index contributed by atoms with van der Waals surface area (Å²) in [6, 6.07) is 17.0.